The second kappa shape index (κ2) is 4.49. The third-order valence-electron chi connectivity index (χ3n) is 2.25. The molecule has 0 radical (unpaired) electrons. The summed E-state index contributed by atoms with van der Waals surface area (Å²) in [5.74, 6) is 0. The number of alkyl halides is 3. The highest BCUT2D eigenvalue weighted by molar-refractivity contribution is 8.00. The molecule has 2 aromatic rings. The molecular weight excluding hydrogens is 267 g/mol. The van der Waals surface area contributed by atoms with E-state index in [4.69, 9.17) is 0 Å². The molecule has 0 unspecified atom stereocenters. The molecule has 0 aliphatic heterocycles. The van der Waals surface area contributed by atoms with E-state index in [1.165, 1.54) is 12.1 Å². The molecule has 18 heavy (non-hydrogen) atoms. The first kappa shape index (κ1) is 12.7. The molecule has 2 rings (SSSR count). The van der Waals surface area contributed by atoms with Gasteiger partial charge in [-0.15, -0.1) is 0 Å². The highest BCUT2D eigenvalue weighted by atomic mass is 32.2. The minimum atomic E-state index is -4.47. The van der Waals surface area contributed by atoms with E-state index in [0.717, 1.165) is 6.07 Å². The summed E-state index contributed by atoms with van der Waals surface area (Å²) in [4.78, 5) is 9.82. The SMILES string of the molecule is O=[N+]([O-])c1cc(SC(F)(F)F)c2ccccc2c1. The number of halogens is 3. The zero-order chi connectivity index (χ0) is 13.3. The first-order valence-electron chi connectivity index (χ1n) is 4.80. The third kappa shape index (κ3) is 2.73. The lowest BCUT2D eigenvalue weighted by Gasteiger charge is -2.08. The van der Waals surface area contributed by atoms with Gasteiger partial charge in [-0.1, -0.05) is 24.3 Å². The summed E-state index contributed by atoms with van der Waals surface area (Å²) in [5, 5.41) is 11.4. The number of nitro benzene ring substituents is 1. The quantitative estimate of drug-likeness (QED) is 0.464. The Bertz CT molecular complexity index is 613. The van der Waals surface area contributed by atoms with Crippen LogP contribution in [0.15, 0.2) is 41.3 Å². The van der Waals surface area contributed by atoms with Crippen LogP contribution in [0.5, 0.6) is 0 Å². The molecule has 0 atom stereocenters. The molecule has 0 aliphatic carbocycles. The number of fused-ring (bicyclic) bond motifs is 1. The van der Waals surface area contributed by atoms with Crippen molar-refractivity contribution < 1.29 is 18.1 Å². The Balaban J connectivity index is 2.64. The standard InChI is InChI=1S/C11H6F3NO2S/c12-11(13,14)18-10-6-8(15(16)17)5-7-3-1-2-4-9(7)10/h1-6H. The Morgan fingerprint density at radius 1 is 1.17 bits per heavy atom. The van der Waals surface area contributed by atoms with Gasteiger partial charge in [0.15, 0.2) is 0 Å². The Morgan fingerprint density at radius 3 is 2.44 bits per heavy atom. The molecule has 3 nitrogen and oxygen atoms in total. The van der Waals surface area contributed by atoms with Crippen LogP contribution >= 0.6 is 11.8 Å². The lowest BCUT2D eigenvalue weighted by atomic mass is 10.1. The zero-order valence-electron chi connectivity index (χ0n) is 8.77. The predicted molar refractivity (Wildman–Crippen MR) is 62.5 cm³/mol. The van der Waals surface area contributed by atoms with Crippen LogP contribution in [0.25, 0.3) is 10.8 Å². The second-order valence-electron chi connectivity index (χ2n) is 3.47. The molecule has 0 amide bonds. The minimum absolute atomic E-state index is 0.160. The third-order valence-corrected chi connectivity index (χ3v) is 3.03. The van der Waals surface area contributed by atoms with Gasteiger partial charge in [-0.05, 0) is 22.5 Å². The van der Waals surface area contributed by atoms with Crippen LogP contribution in [-0.2, 0) is 0 Å². The minimum Gasteiger partial charge on any atom is -0.258 e. The Hall–Kier alpha value is -1.76. The van der Waals surface area contributed by atoms with Crippen LogP contribution in [0.4, 0.5) is 18.9 Å². The van der Waals surface area contributed by atoms with Crippen LogP contribution in [0.2, 0.25) is 0 Å². The summed E-state index contributed by atoms with van der Waals surface area (Å²) >= 11 is -0.343. The molecule has 94 valence electrons. The van der Waals surface area contributed by atoms with Crippen molar-refractivity contribution in [1.82, 2.24) is 0 Å². The van der Waals surface area contributed by atoms with Crippen LogP contribution in [0.1, 0.15) is 0 Å². The molecule has 0 N–H and O–H groups in total. The van der Waals surface area contributed by atoms with Gasteiger partial charge < -0.3 is 0 Å². The lowest BCUT2D eigenvalue weighted by molar-refractivity contribution is -0.384. The molecule has 0 aromatic heterocycles. The van der Waals surface area contributed by atoms with Gasteiger partial charge >= 0.3 is 5.51 Å². The van der Waals surface area contributed by atoms with Gasteiger partial charge in [0.1, 0.15) is 0 Å². The topological polar surface area (TPSA) is 43.1 Å². The van der Waals surface area contributed by atoms with Gasteiger partial charge in [0.05, 0.1) is 4.92 Å². The molecule has 0 saturated carbocycles. The van der Waals surface area contributed by atoms with E-state index >= 15 is 0 Å². The Morgan fingerprint density at radius 2 is 1.83 bits per heavy atom. The van der Waals surface area contributed by atoms with E-state index in [-0.39, 0.29) is 22.3 Å². The van der Waals surface area contributed by atoms with Crippen LogP contribution in [-0.4, -0.2) is 10.4 Å². The van der Waals surface area contributed by atoms with E-state index in [1.54, 1.807) is 18.2 Å². The highest BCUT2D eigenvalue weighted by Crippen LogP contribution is 2.41. The fraction of sp³-hybridized carbons (Fsp3) is 0.0909. The molecule has 0 aliphatic rings. The molecule has 0 fully saturated rings. The average molecular weight is 273 g/mol. The summed E-state index contributed by atoms with van der Waals surface area (Å²) in [5.41, 5.74) is -4.82. The molecule has 7 heteroatoms. The zero-order valence-corrected chi connectivity index (χ0v) is 9.59. The molecule has 0 heterocycles. The average Bonchev–Trinajstić information content (AvgIpc) is 2.26. The van der Waals surface area contributed by atoms with Gasteiger partial charge in [0.25, 0.3) is 5.69 Å². The van der Waals surface area contributed by atoms with Gasteiger partial charge in [-0.25, -0.2) is 0 Å². The number of hydrogen-bond donors (Lipinski definition) is 0. The van der Waals surface area contributed by atoms with Crippen molar-refractivity contribution in [2.45, 2.75) is 10.4 Å². The van der Waals surface area contributed by atoms with Crippen molar-refractivity contribution in [3.05, 3.63) is 46.5 Å². The largest absolute Gasteiger partial charge is 0.446 e. The van der Waals surface area contributed by atoms with Crippen molar-refractivity contribution in [3.63, 3.8) is 0 Å². The number of rotatable bonds is 2. The number of thioether (sulfide) groups is 1. The number of nitrogens with zero attached hydrogens (tertiary/aromatic N) is 1. The molecule has 0 bridgehead atoms. The van der Waals surface area contributed by atoms with Gasteiger partial charge in [0, 0.05) is 17.0 Å². The molecule has 0 saturated heterocycles. The normalized spacial score (nSPS) is 11.7. The maximum absolute atomic E-state index is 12.4. The summed E-state index contributed by atoms with van der Waals surface area (Å²) in [6.45, 7) is 0. The lowest BCUT2D eigenvalue weighted by Crippen LogP contribution is -2.00. The summed E-state index contributed by atoms with van der Waals surface area (Å²) in [6.07, 6.45) is 0. The maximum Gasteiger partial charge on any atom is 0.446 e. The number of hydrogen-bond acceptors (Lipinski definition) is 3. The Labute approximate surface area is 104 Å². The highest BCUT2D eigenvalue weighted by Gasteiger charge is 2.31. The maximum atomic E-state index is 12.4. The first-order valence-corrected chi connectivity index (χ1v) is 5.61. The summed E-state index contributed by atoms with van der Waals surface area (Å²) in [7, 11) is 0. The van der Waals surface area contributed by atoms with Crippen LogP contribution < -0.4 is 0 Å². The van der Waals surface area contributed by atoms with E-state index in [1.807, 2.05) is 0 Å². The molecule has 2 aromatic carbocycles. The van der Waals surface area contributed by atoms with Gasteiger partial charge in [-0.2, -0.15) is 13.2 Å². The number of nitro groups is 1. The van der Waals surface area contributed by atoms with E-state index < -0.39 is 10.4 Å². The van der Waals surface area contributed by atoms with Crippen molar-refractivity contribution in [1.29, 1.82) is 0 Å². The summed E-state index contributed by atoms with van der Waals surface area (Å²) < 4.78 is 37.2. The Kier molecular flexibility index (Phi) is 3.16. The van der Waals surface area contributed by atoms with Crippen LogP contribution in [0, 0.1) is 10.1 Å². The first-order chi connectivity index (χ1) is 8.37. The van der Waals surface area contributed by atoms with Crippen molar-refractivity contribution in [2.75, 3.05) is 0 Å². The fourth-order valence-electron chi connectivity index (χ4n) is 1.57. The smallest absolute Gasteiger partial charge is 0.258 e. The second-order valence-corrected chi connectivity index (χ2v) is 4.58. The predicted octanol–water partition coefficient (Wildman–Crippen LogP) is 4.36. The van der Waals surface area contributed by atoms with Crippen LogP contribution in [0.3, 0.4) is 0 Å². The van der Waals surface area contributed by atoms with Crippen molar-refractivity contribution >= 4 is 28.2 Å². The van der Waals surface area contributed by atoms with E-state index in [0.29, 0.717) is 10.8 Å². The van der Waals surface area contributed by atoms with Gasteiger partial charge in [-0.3, -0.25) is 10.1 Å². The number of benzene rings is 2. The van der Waals surface area contributed by atoms with E-state index in [9.17, 15) is 23.3 Å². The number of non-ortho nitro benzene ring substituents is 1. The van der Waals surface area contributed by atoms with Crippen molar-refractivity contribution in [2.24, 2.45) is 0 Å². The van der Waals surface area contributed by atoms with Gasteiger partial charge in [0.2, 0.25) is 0 Å². The monoisotopic (exact) mass is 273 g/mol. The van der Waals surface area contributed by atoms with Crippen molar-refractivity contribution in [3.8, 4) is 0 Å². The molecular formula is C11H6F3NO2S. The van der Waals surface area contributed by atoms with E-state index in [2.05, 4.69) is 0 Å². The summed E-state index contributed by atoms with van der Waals surface area (Å²) in [6, 6.07) is 8.47. The molecule has 0 spiro atoms. The fourth-order valence-corrected chi connectivity index (χ4v) is 2.30.